The van der Waals surface area contributed by atoms with Crippen LogP contribution in [-0.2, 0) is 20.8 Å². The van der Waals surface area contributed by atoms with Crippen LogP contribution >= 0.6 is 12.2 Å². The van der Waals surface area contributed by atoms with Gasteiger partial charge in [0.25, 0.3) is 0 Å². The van der Waals surface area contributed by atoms with Crippen molar-refractivity contribution in [1.29, 1.82) is 0 Å². The fraction of sp³-hybridized carbons (Fsp3) is 0.615. The van der Waals surface area contributed by atoms with Crippen molar-refractivity contribution < 1.29 is 14.3 Å². The van der Waals surface area contributed by atoms with E-state index in [0.29, 0.717) is 44.9 Å². The zero-order valence-electron chi connectivity index (χ0n) is 12.0. The number of carbonyl (C=O) groups excluding carboxylic acids is 1. The number of thiocarbonyl (C=S) groups is 1. The highest BCUT2D eigenvalue weighted by molar-refractivity contribution is 7.80. The van der Waals surface area contributed by atoms with E-state index < -0.39 is 5.41 Å². The highest BCUT2D eigenvalue weighted by Crippen LogP contribution is 2.32. The maximum atomic E-state index is 12.6. The summed E-state index contributed by atoms with van der Waals surface area (Å²) in [5.41, 5.74) is 5.60. The topological polar surface area (TPSA) is 91.4 Å². The molecule has 0 unspecified atom stereocenters. The van der Waals surface area contributed by atoms with Gasteiger partial charge in [-0.05, 0) is 12.8 Å². The molecule has 0 aliphatic carbocycles. The van der Waals surface area contributed by atoms with Gasteiger partial charge in [-0.15, -0.1) is 0 Å². The van der Waals surface area contributed by atoms with Gasteiger partial charge in [0, 0.05) is 26.5 Å². The lowest BCUT2D eigenvalue weighted by molar-refractivity contribution is -0.126. The molecule has 1 saturated heterocycles. The van der Waals surface area contributed by atoms with Gasteiger partial charge < -0.3 is 20.5 Å². The third-order valence-electron chi connectivity index (χ3n) is 3.67. The van der Waals surface area contributed by atoms with E-state index in [4.69, 9.17) is 27.4 Å². The van der Waals surface area contributed by atoms with E-state index in [9.17, 15) is 4.79 Å². The summed E-state index contributed by atoms with van der Waals surface area (Å²) in [6.07, 6.45) is 4.36. The van der Waals surface area contributed by atoms with Crippen molar-refractivity contribution in [3.8, 4) is 0 Å². The van der Waals surface area contributed by atoms with Crippen LogP contribution in [0, 0.1) is 5.41 Å². The molecular weight excluding hydrogens is 292 g/mol. The van der Waals surface area contributed by atoms with Crippen LogP contribution in [0.1, 0.15) is 12.8 Å². The maximum Gasteiger partial charge on any atom is 0.237 e. The number of rotatable bonds is 6. The van der Waals surface area contributed by atoms with Crippen LogP contribution in [0.3, 0.4) is 0 Å². The standard InChI is InChI=1S/C13H20N4O3S/c1-19-7-4-17-9-10(8-15-17)16-12(18)13(11(14)21)2-5-20-6-3-13/h8-9H,2-7H2,1H3,(H2,14,21)(H,16,18). The Hall–Kier alpha value is -1.51. The van der Waals surface area contributed by atoms with Gasteiger partial charge in [0.2, 0.25) is 5.91 Å². The normalized spacial score (nSPS) is 17.4. The van der Waals surface area contributed by atoms with Crippen LogP contribution in [0.5, 0.6) is 0 Å². The van der Waals surface area contributed by atoms with Crippen molar-refractivity contribution in [2.75, 3.05) is 32.2 Å². The molecule has 3 N–H and O–H groups in total. The monoisotopic (exact) mass is 312 g/mol. The molecule has 0 spiro atoms. The quantitative estimate of drug-likeness (QED) is 0.746. The number of ether oxygens (including phenoxy) is 2. The van der Waals surface area contributed by atoms with Crippen molar-refractivity contribution in [2.24, 2.45) is 11.1 Å². The SMILES string of the molecule is COCCn1cc(NC(=O)C2(C(N)=S)CCOCC2)cn1. The first kappa shape index (κ1) is 15.9. The molecule has 2 rings (SSSR count). The van der Waals surface area contributed by atoms with Crippen LogP contribution in [0.15, 0.2) is 12.4 Å². The van der Waals surface area contributed by atoms with E-state index in [1.165, 1.54) is 0 Å². The molecule has 116 valence electrons. The highest BCUT2D eigenvalue weighted by atomic mass is 32.1. The Balaban J connectivity index is 2.05. The molecule has 1 aliphatic heterocycles. The second-order valence-corrected chi connectivity index (χ2v) is 5.44. The lowest BCUT2D eigenvalue weighted by Gasteiger charge is -2.34. The number of carbonyl (C=O) groups is 1. The molecule has 0 saturated carbocycles. The Labute approximate surface area is 128 Å². The molecule has 8 heteroatoms. The summed E-state index contributed by atoms with van der Waals surface area (Å²) in [5.74, 6) is -0.190. The molecule has 1 fully saturated rings. The minimum absolute atomic E-state index is 0.190. The third-order valence-corrected chi connectivity index (χ3v) is 4.06. The van der Waals surface area contributed by atoms with E-state index in [1.807, 2.05) is 0 Å². The first-order valence-electron chi connectivity index (χ1n) is 6.79. The fourth-order valence-corrected chi connectivity index (χ4v) is 2.59. The molecule has 1 aromatic heterocycles. The summed E-state index contributed by atoms with van der Waals surface area (Å²) in [4.78, 5) is 12.8. The lowest BCUT2D eigenvalue weighted by atomic mass is 9.79. The third kappa shape index (κ3) is 3.58. The lowest BCUT2D eigenvalue weighted by Crippen LogP contribution is -2.49. The second-order valence-electron chi connectivity index (χ2n) is 5.00. The number of aromatic nitrogens is 2. The highest BCUT2D eigenvalue weighted by Gasteiger charge is 2.43. The van der Waals surface area contributed by atoms with Gasteiger partial charge in [-0.2, -0.15) is 5.10 Å². The van der Waals surface area contributed by atoms with Gasteiger partial charge in [0.1, 0.15) is 5.41 Å². The molecule has 0 aromatic carbocycles. The number of hydrogen-bond donors (Lipinski definition) is 2. The fourth-order valence-electron chi connectivity index (χ4n) is 2.29. The van der Waals surface area contributed by atoms with Crippen LogP contribution in [-0.4, -0.2) is 47.6 Å². The van der Waals surface area contributed by atoms with Crippen LogP contribution in [0.2, 0.25) is 0 Å². The van der Waals surface area contributed by atoms with Gasteiger partial charge >= 0.3 is 0 Å². The molecule has 2 heterocycles. The van der Waals surface area contributed by atoms with Gasteiger partial charge in [0.05, 0.1) is 30.0 Å². The van der Waals surface area contributed by atoms with Crippen molar-refractivity contribution in [2.45, 2.75) is 19.4 Å². The summed E-state index contributed by atoms with van der Waals surface area (Å²) in [6, 6.07) is 0. The molecule has 0 atom stereocenters. The Kier molecular flexibility index (Phi) is 5.27. The predicted octanol–water partition coefficient (Wildman–Crippen LogP) is 0.551. The summed E-state index contributed by atoms with van der Waals surface area (Å²) in [6.45, 7) is 2.15. The number of nitrogens with two attached hydrogens (primary N) is 1. The van der Waals surface area contributed by atoms with Gasteiger partial charge in [-0.3, -0.25) is 9.48 Å². The summed E-state index contributed by atoms with van der Waals surface area (Å²) in [7, 11) is 1.63. The molecule has 7 nitrogen and oxygen atoms in total. The van der Waals surface area contributed by atoms with E-state index in [1.54, 1.807) is 24.2 Å². The Morgan fingerprint density at radius 1 is 1.62 bits per heavy atom. The Morgan fingerprint density at radius 3 is 2.95 bits per heavy atom. The van der Waals surface area contributed by atoms with E-state index in [-0.39, 0.29) is 10.9 Å². The Bertz CT molecular complexity index is 511. The van der Waals surface area contributed by atoms with Crippen LogP contribution < -0.4 is 11.1 Å². The number of amides is 1. The molecular formula is C13H20N4O3S. The molecule has 0 radical (unpaired) electrons. The van der Waals surface area contributed by atoms with Gasteiger partial charge in [-0.25, -0.2) is 0 Å². The van der Waals surface area contributed by atoms with Crippen molar-refractivity contribution >= 4 is 28.8 Å². The average Bonchev–Trinajstić information content (AvgIpc) is 2.93. The predicted molar refractivity (Wildman–Crippen MR) is 82.0 cm³/mol. The number of methoxy groups -OCH3 is 1. The van der Waals surface area contributed by atoms with Crippen LogP contribution in [0.25, 0.3) is 0 Å². The first-order chi connectivity index (χ1) is 10.1. The second kappa shape index (κ2) is 6.97. The first-order valence-corrected chi connectivity index (χ1v) is 7.20. The molecule has 1 aliphatic rings. The van der Waals surface area contributed by atoms with E-state index in [2.05, 4.69) is 10.4 Å². The maximum absolute atomic E-state index is 12.6. The van der Waals surface area contributed by atoms with Crippen molar-refractivity contribution in [1.82, 2.24) is 9.78 Å². The Morgan fingerprint density at radius 2 is 2.33 bits per heavy atom. The van der Waals surface area contributed by atoms with Crippen molar-refractivity contribution in [3.05, 3.63) is 12.4 Å². The number of nitrogens with one attached hydrogen (secondary N) is 1. The zero-order valence-corrected chi connectivity index (χ0v) is 12.8. The van der Waals surface area contributed by atoms with Gasteiger partial charge in [-0.1, -0.05) is 12.2 Å². The van der Waals surface area contributed by atoms with E-state index in [0.717, 1.165) is 0 Å². The molecule has 1 amide bonds. The minimum atomic E-state index is -0.831. The van der Waals surface area contributed by atoms with Crippen molar-refractivity contribution in [3.63, 3.8) is 0 Å². The largest absolute Gasteiger partial charge is 0.392 e. The average molecular weight is 312 g/mol. The molecule has 0 bridgehead atoms. The zero-order chi connectivity index (χ0) is 15.3. The smallest absolute Gasteiger partial charge is 0.237 e. The van der Waals surface area contributed by atoms with Crippen LogP contribution in [0.4, 0.5) is 5.69 Å². The summed E-state index contributed by atoms with van der Waals surface area (Å²) >= 11 is 5.11. The molecule has 21 heavy (non-hydrogen) atoms. The minimum Gasteiger partial charge on any atom is -0.392 e. The number of anilines is 1. The molecule has 1 aromatic rings. The van der Waals surface area contributed by atoms with Gasteiger partial charge in [0.15, 0.2) is 0 Å². The number of nitrogens with zero attached hydrogens (tertiary/aromatic N) is 2. The number of hydrogen-bond acceptors (Lipinski definition) is 5. The van der Waals surface area contributed by atoms with E-state index >= 15 is 0 Å². The summed E-state index contributed by atoms with van der Waals surface area (Å²) in [5, 5.41) is 7.00. The summed E-state index contributed by atoms with van der Waals surface area (Å²) < 4.78 is 12.0.